The average molecular weight is 252 g/mol. The Bertz CT molecular complexity index is 325. The van der Waals surface area contributed by atoms with Gasteiger partial charge in [0.1, 0.15) is 11.9 Å². The number of aliphatic hydroxyl groups is 1. The van der Waals surface area contributed by atoms with E-state index in [2.05, 4.69) is 6.92 Å². The smallest absolute Gasteiger partial charge is 0.125 e. The topological polar surface area (TPSA) is 38.7 Å². The van der Waals surface area contributed by atoms with Gasteiger partial charge in [0, 0.05) is 12.2 Å². The average Bonchev–Trinajstić information content (AvgIpc) is 2.39. The van der Waals surface area contributed by atoms with Gasteiger partial charge in [-0.3, -0.25) is 0 Å². The van der Waals surface area contributed by atoms with Gasteiger partial charge in [0.05, 0.1) is 13.2 Å². The molecule has 0 amide bonds. The number of ether oxygens (including phenoxy) is 2. The summed E-state index contributed by atoms with van der Waals surface area (Å²) in [7, 11) is 0. The molecule has 0 saturated heterocycles. The molecular weight excluding hydrogens is 228 g/mol. The Morgan fingerprint density at radius 1 is 1.17 bits per heavy atom. The van der Waals surface area contributed by atoms with Crippen LogP contribution in [0.4, 0.5) is 0 Å². The summed E-state index contributed by atoms with van der Waals surface area (Å²) in [4.78, 5) is 0. The van der Waals surface area contributed by atoms with E-state index in [9.17, 15) is 5.11 Å². The lowest BCUT2D eigenvalue weighted by Gasteiger charge is -2.15. The van der Waals surface area contributed by atoms with Gasteiger partial charge >= 0.3 is 0 Å². The second-order valence-electron chi connectivity index (χ2n) is 4.27. The number of benzene rings is 1. The molecule has 3 heteroatoms. The lowest BCUT2D eigenvalue weighted by atomic mass is 10.1. The molecule has 0 aliphatic heterocycles. The van der Waals surface area contributed by atoms with Crippen LogP contribution in [0.25, 0.3) is 0 Å². The van der Waals surface area contributed by atoms with E-state index in [1.54, 1.807) is 0 Å². The molecule has 102 valence electrons. The highest BCUT2D eigenvalue weighted by molar-refractivity contribution is 5.35. The molecule has 0 fully saturated rings. The summed E-state index contributed by atoms with van der Waals surface area (Å²) in [5, 5.41) is 10.1. The van der Waals surface area contributed by atoms with Gasteiger partial charge in [0.2, 0.25) is 0 Å². The van der Waals surface area contributed by atoms with E-state index < -0.39 is 6.10 Å². The summed E-state index contributed by atoms with van der Waals surface area (Å²) in [6.07, 6.45) is 2.79. The van der Waals surface area contributed by atoms with Crippen molar-refractivity contribution in [3.63, 3.8) is 0 Å². The fourth-order valence-corrected chi connectivity index (χ4v) is 1.78. The molecule has 3 nitrogen and oxygen atoms in total. The zero-order valence-electron chi connectivity index (χ0n) is 11.4. The third-order valence-electron chi connectivity index (χ3n) is 2.75. The van der Waals surface area contributed by atoms with Crippen molar-refractivity contribution in [3.05, 3.63) is 29.8 Å². The second kappa shape index (κ2) is 8.95. The first-order chi connectivity index (χ1) is 8.79. The maximum absolute atomic E-state index is 10.1. The lowest BCUT2D eigenvalue weighted by molar-refractivity contribution is 0.0331. The molecule has 0 aliphatic rings. The Morgan fingerprint density at radius 2 is 1.94 bits per heavy atom. The summed E-state index contributed by atoms with van der Waals surface area (Å²) in [5.74, 6) is 0.740. The van der Waals surface area contributed by atoms with Crippen LogP contribution >= 0.6 is 0 Å². The van der Waals surface area contributed by atoms with Crippen molar-refractivity contribution in [2.24, 2.45) is 0 Å². The van der Waals surface area contributed by atoms with Crippen LogP contribution in [0.5, 0.6) is 5.75 Å². The summed E-state index contributed by atoms with van der Waals surface area (Å²) in [6, 6.07) is 7.56. The highest BCUT2D eigenvalue weighted by Gasteiger charge is 2.12. The molecule has 0 bridgehead atoms. The van der Waals surface area contributed by atoms with Crippen molar-refractivity contribution >= 4 is 0 Å². The summed E-state index contributed by atoms with van der Waals surface area (Å²) in [6.45, 7) is 5.73. The predicted octanol–water partition coefficient (Wildman–Crippen LogP) is 3.33. The normalized spacial score (nSPS) is 12.4. The fourth-order valence-electron chi connectivity index (χ4n) is 1.78. The number of hydrogen-bond acceptors (Lipinski definition) is 3. The van der Waals surface area contributed by atoms with Crippen molar-refractivity contribution < 1.29 is 14.6 Å². The van der Waals surface area contributed by atoms with Crippen molar-refractivity contribution in [2.45, 2.75) is 39.2 Å². The van der Waals surface area contributed by atoms with Crippen LogP contribution in [0.3, 0.4) is 0 Å². The molecule has 1 rings (SSSR count). The molecule has 0 heterocycles. The van der Waals surface area contributed by atoms with E-state index in [0.717, 1.165) is 17.7 Å². The van der Waals surface area contributed by atoms with Crippen LogP contribution in [0, 0.1) is 0 Å². The van der Waals surface area contributed by atoms with Crippen LogP contribution < -0.4 is 4.74 Å². The molecule has 0 saturated carbocycles. The third-order valence-corrected chi connectivity index (χ3v) is 2.75. The van der Waals surface area contributed by atoms with Gasteiger partial charge in [0.25, 0.3) is 0 Å². The molecular formula is C15H24O3. The first-order valence-corrected chi connectivity index (χ1v) is 6.77. The van der Waals surface area contributed by atoms with Gasteiger partial charge in [-0.2, -0.15) is 0 Å². The van der Waals surface area contributed by atoms with Crippen LogP contribution in [-0.4, -0.2) is 24.9 Å². The Hall–Kier alpha value is -1.06. The molecule has 1 aromatic carbocycles. The van der Waals surface area contributed by atoms with Gasteiger partial charge in [-0.15, -0.1) is 0 Å². The molecule has 1 aromatic rings. The standard InChI is InChI=1S/C15H24O3/c1-3-5-8-11-17-12-14(16)13-9-6-7-10-15(13)18-4-2/h6-7,9-10,14,16H,3-5,8,11-12H2,1-2H3. The maximum atomic E-state index is 10.1. The molecule has 1 N–H and O–H groups in total. The van der Waals surface area contributed by atoms with Gasteiger partial charge < -0.3 is 14.6 Å². The van der Waals surface area contributed by atoms with Crippen molar-refractivity contribution in [1.29, 1.82) is 0 Å². The van der Waals surface area contributed by atoms with Crippen molar-refractivity contribution in [2.75, 3.05) is 19.8 Å². The maximum Gasteiger partial charge on any atom is 0.125 e. The fraction of sp³-hybridized carbons (Fsp3) is 0.600. The van der Waals surface area contributed by atoms with Crippen LogP contribution in [-0.2, 0) is 4.74 Å². The number of rotatable bonds is 9. The van der Waals surface area contributed by atoms with Crippen molar-refractivity contribution in [3.8, 4) is 5.75 Å². The molecule has 0 spiro atoms. The Morgan fingerprint density at radius 3 is 2.67 bits per heavy atom. The zero-order chi connectivity index (χ0) is 13.2. The van der Waals surface area contributed by atoms with Gasteiger partial charge in [-0.25, -0.2) is 0 Å². The Kier molecular flexibility index (Phi) is 7.46. The Labute approximate surface area is 110 Å². The SMILES string of the molecule is CCCCCOCC(O)c1ccccc1OCC. The molecule has 1 atom stereocenters. The highest BCUT2D eigenvalue weighted by atomic mass is 16.5. The number of para-hydroxylation sites is 1. The number of unbranched alkanes of at least 4 members (excludes halogenated alkanes) is 2. The second-order valence-corrected chi connectivity index (χ2v) is 4.27. The van der Waals surface area contributed by atoms with Gasteiger partial charge in [-0.05, 0) is 19.4 Å². The summed E-state index contributed by atoms with van der Waals surface area (Å²) in [5.41, 5.74) is 0.801. The highest BCUT2D eigenvalue weighted by Crippen LogP contribution is 2.25. The number of aliphatic hydroxyl groups excluding tert-OH is 1. The first-order valence-electron chi connectivity index (χ1n) is 6.77. The van der Waals surface area contributed by atoms with Crippen LogP contribution in [0.1, 0.15) is 44.8 Å². The van der Waals surface area contributed by atoms with Gasteiger partial charge in [0.15, 0.2) is 0 Å². The third kappa shape index (κ3) is 5.07. The van der Waals surface area contributed by atoms with E-state index in [1.807, 2.05) is 31.2 Å². The van der Waals surface area contributed by atoms with E-state index in [1.165, 1.54) is 12.8 Å². The van der Waals surface area contributed by atoms with Crippen LogP contribution in [0.15, 0.2) is 24.3 Å². The van der Waals surface area contributed by atoms with E-state index in [4.69, 9.17) is 9.47 Å². The Balaban J connectivity index is 2.42. The quantitative estimate of drug-likeness (QED) is 0.685. The predicted molar refractivity (Wildman–Crippen MR) is 72.9 cm³/mol. The summed E-state index contributed by atoms with van der Waals surface area (Å²) >= 11 is 0. The monoisotopic (exact) mass is 252 g/mol. The first kappa shape index (κ1) is 15.0. The van der Waals surface area contributed by atoms with Crippen LogP contribution in [0.2, 0.25) is 0 Å². The molecule has 0 radical (unpaired) electrons. The minimum absolute atomic E-state index is 0.327. The van der Waals surface area contributed by atoms with Gasteiger partial charge in [-0.1, -0.05) is 38.0 Å². The lowest BCUT2D eigenvalue weighted by Crippen LogP contribution is -2.10. The largest absolute Gasteiger partial charge is 0.493 e. The van der Waals surface area contributed by atoms with E-state index >= 15 is 0 Å². The summed E-state index contributed by atoms with van der Waals surface area (Å²) < 4.78 is 11.0. The van der Waals surface area contributed by atoms with E-state index in [0.29, 0.717) is 19.8 Å². The molecule has 0 aliphatic carbocycles. The van der Waals surface area contributed by atoms with Crippen molar-refractivity contribution in [1.82, 2.24) is 0 Å². The van der Waals surface area contributed by atoms with E-state index in [-0.39, 0.29) is 0 Å². The molecule has 0 aromatic heterocycles. The molecule has 18 heavy (non-hydrogen) atoms. The zero-order valence-corrected chi connectivity index (χ0v) is 11.4. The molecule has 1 unspecified atom stereocenters. The minimum atomic E-state index is -0.616. The number of hydrogen-bond donors (Lipinski definition) is 1. The minimum Gasteiger partial charge on any atom is -0.493 e.